The molecule has 1 unspecified atom stereocenters. The van der Waals surface area contributed by atoms with Crippen LogP contribution in [-0.4, -0.2) is 16.2 Å². The molecule has 0 spiro atoms. The van der Waals surface area contributed by atoms with Crippen molar-refractivity contribution in [2.45, 2.75) is 48.1 Å². The van der Waals surface area contributed by atoms with Crippen LogP contribution in [0.5, 0.6) is 11.5 Å². The molecule has 0 saturated carbocycles. The van der Waals surface area contributed by atoms with Gasteiger partial charge in [0.2, 0.25) is 0 Å². The third-order valence-corrected chi connectivity index (χ3v) is 3.90. The zero-order chi connectivity index (χ0) is 17.1. The van der Waals surface area contributed by atoms with E-state index in [4.69, 9.17) is 9.84 Å². The molecule has 0 aromatic heterocycles. The summed E-state index contributed by atoms with van der Waals surface area (Å²) in [7, 11) is 0. The standard InChI is InChI=1S/C18H26O4/c1-12(2)10-18(6,17(3,4)5)16(21)22-15-8-13(11-19)7-14(20)9-15/h7-10,19-20H,11H2,1-6H3. The van der Waals surface area contributed by atoms with Gasteiger partial charge in [0, 0.05) is 6.07 Å². The molecule has 1 aromatic carbocycles. The van der Waals surface area contributed by atoms with Gasteiger partial charge < -0.3 is 14.9 Å². The van der Waals surface area contributed by atoms with E-state index in [1.54, 1.807) is 6.07 Å². The first-order valence-electron chi connectivity index (χ1n) is 7.32. The molecule has 122 valence electrons. The Balaban J connectivity index is 3.18. The quantitative estimate of drug-likeness (QED) is 0.504. The highest BCUT2D eigenvalue weighted by atomic mass is 16.5. The van der Waals surface area contributed by atoms with Crippen LogP contribution >= 0.6 is 0 Å². The van der Waals surface area contributed by atoms with E-state index < -0.39 is 11.4 Å². The van der Waals surface area contributed by atoms with Gasteiger partial charge in [0.15, 0.2) is 0 Å². The SMILES string of the molecule is CC(C)=CC(C)(C(=O)Oc1cc(O)cc(CO)c1)C(C)(C)C. The van der Waals surface area contributed by atoms with Gasteiger partial charge in [-0.25, -0.2) is 0 Å². The number of hydrogen-bond acceptors (Lipinski definition) is 4. The maximum atomic E-state index is 12.7. The molecule has 0 aliphatic carbocycles. The molecule has 1 rings (SSSR count). The van der Waals surface area contributed by atoms with Crippen molar-refractivity contribution in [1.29, 1.82) is 0 Å². The van der Waals surface area contributed by atoms with Crippen LogP contribution in [0.25, 0.3) is 0 Å². The van der Waals surface area contributed by atoms with Crippen molar-refractivity contribution in [2.75, 3.05) is 0 Å². The first kappa shape index (κ1) is 18.2. The predicted octanol–water partition coefficient (Wildman–Crippen LogP) is 3.81. The van der Waals surface area contributed by atoms with Crippen molar-refractivity contribution in [3.8, 4) is 11.5 Å². The fourth-order valence-corrected chi connectivity index (χ4v) is 2.17. The second kappa shape index (κ2) is 6.53. The number of carbonyl (C=O) groups is 1. The van der Waals surface area contributed by atoms with Crippen LogP contribution in [-0.2, 0) is 11.4 Å². The number of esters is 1. The number of aromatic hydroxyl groups is 1. The number of phenolic OH excluding ortho intramolecular Hbond substituents is 1. The van der Waals surface area contributed by atoms with E-state index in [0.717, 1.165) is 5.57 Å². The molecule has 0 bridgehead atoms. The van der Waals surface area contributed by atoms with Crippen LogP contribution in [0.3, 0.4) is 0 Å². The molecule has 0 fully saturated rings. The summed E-state index contributed by atoms with van der Waals surface area (Å²) in [5.74, 6) is -0.212. The molecule has 4 heteroatoms. The molecule has 1 atom stereocenters. The Bertz CT molecular complexity index is 577. The maximum absolute atomic E-state index is 12.7. The Morgan fingerprint density at radius 1 is 1.18 bits per heavy atom. The highest BCUT2D eigenvalue weighted by molar-refractivity contribution is 5.82. The van der Waals surface area contributed by atoms with Crippen molar-refractivity contribution in [3.63, 3.8) is 0 Å². The molecule has 0 aliphatic heterocycles. The Kier molecular flexibility index (Phi) is 5.41. The van der Waals surface area contributed by atoms with Gasteiger partial charge in [0.05, 0.1) is 12.0 Å². The fraction of sp³-hybridized carbons (Fsp3) is 0.500. The van der Waals surface area contributed by atoms with Gasteiger partial charge in [-0.15, -0.1) is 0 Å². The largest absolute Gasteiger partial charge is 0.508 e. The van der Waals surface area contributed by atoms with Crippen LogP contribution in [0.4, 0.5) is 0 Å². The van der Waals surface area contributed by atoms with Gasteiger partial charge in [-0.1, -0.05) is 32.4 Å². The summed E-state index contributed by atoms with van der Waals surface area (Å²) in [5, 5.41) is 18.8. The van der Waals surface area contributed by atoms with E-state index in [2.05, 4.69) is 0 Å². The molecule has 22 heavy (non-hydrogen) atoms. The van der Waals surface area contributed by atoms with E-state index in [0.29, 0.717) is 5.56 Å². The molecule has 0 aliphatic rings. The lowest BCUT2D eigenvalue weighted by atomic mass is 9.67. The normalized spacial score (nSPS) is 14.1. The topological polar surface area (TPSA) is 66.8 Å². The zero-order valence-corrected chi connectivity index (χ0v) is 14.2. The molecule has 4 nitrogen and oxygen atoms in total. The second-order valence-corrected chi connectivity index (χ2v) is 7.06. The summed E-state index contributed by atoms with van der Waals surface area (Å²) < 4.78 is 5.48. The lowest BCUT2D eigenvalue weighted by molar-refractivity contribution is -0.147. The Morgan fingerprint density at radius 2 is 1.77 bits per heavy atom. The minimum absolute atomic E-state index is 0.0472. The average molecular weight is 306 g/mol. The van der Waals surface area contributed by atoms with E-state index in [9.17, 15) is 9.90 Å². The number of benzene rings is 1. The number of phenols is 1. The highest BCUT2D eigenvalue weighted by Crippen LogP contribution is 2.42. The number of aliphatic hydroxyl groups excluding tert-OH is 1. The molecule has 0 heterocycles. The number of allylic oxidation sites excluding steroid dienone is 1. The van der Waals surface area contributed by atoms with E-state index >= 15 is 0 Å². The molecule has 2 N–H and O–H groups in total. The van der Waals surface area contributed by atoms with Crippen molar-refractivity contribution in [2.24, 2.45) is 10.8 Å². The van der Waals surface area contributed by atoms with Crippen LogP contribution in [0.1, 0.15) is 47.1 Å². The van der Waals surface area contributed by atoms with Crippen LogP contribution in [0.15, 0.2) is 29.8 Å². The predicted molar refractivity (Wildman–Crippen MR) is 86.7 cm³/mol. The third-order valence-electron chi connectivity index (χ3n) is 3.90. The minimum atomic E-state index is -0.809. The fourth-order valence-electron chi connectivity index (χ4n) is 2.17. The second-order valence-electron chi connectivity index (χ2n) is 7.06. The minimum Gasteiger partial charge on any atom is -0.508 e. The summed E-state index contributed by atoms with van der Waals surface area (Å²) in [5.41, 5.74) is 0.373. The van der Waals surface area contributed by atoms with Crippen molar-refractivity contribution >= 4 is 5.97 Å². The molecule has 0 saturated heterocycles. The van der Waals surface area contributed by atoms with Gasteiger partial charge in [-0.2, -0.15) is 0 Å². The molecular weight excluding hydrogens is 280 g/mol. The van der Waals surface area contributed by atoms with Gasteiger partial charge in [0.1, 0.15) is 11.5 Å². The Labute approximate surface area is 132 Å². The number of hydrogen-bond donors (Lipinski definition) is 2. The summed E-state index contributed by atoms with van der Waals surface area (Å²) in [6, 6.07) is 4.34. The van der Waals surface area contributed by atoms with E-state index in [-0.39, 0.29) is 23.5 Å². The summed E-state index contributed by atoms with van der Waals surface area (Å²) in [6.07, 6.45) is 1.91. The Morgan fingerprint density at radius 3 is 2.23 bits per heavy atom. The van der Waals surface area contributed by atoms with Crippen molar-refractivity contribution < 1.29 is 19.7 Å². The van der Waals surface area contributed by atoms with Gasteiger partial charge in [-0.3, -0.25) is 4.79 Å². The summed E-state index contributed by atoms with van der Waals surface area (Å²) in [6.45, 7) is 11.4. The van der Waals surface area contributed by atoms with E-state index in [1.807, 2.05) is 47.6 Å². The molecule has 1 aromatic rings. The lowest BCUT2D eigenvalue weighted by Gasteiger charge is -2.37. The van der Waals surface area contributed by atoms with Crippen LogP contribution in [0, 0.1) is 10.8 Å². The lowest BCUT2D eigenvalue weighted by Crippen LogP contribution is -2.41. The first-order chi connectivity index (χ1) is 9.99. The van der Waals surface area contributed by atoms with Gasteiger partial charge in [0.25, 0.3) is 0 Å². The van der Waals surface area contributed by atoms with Crippen LogP contribution < -0.4 is 4.74 Å². The van der Waals surface area contributed by atoms with Gasteiger partial charge >= 0.3 is 5.97 Å². The molecular formula is C18H26O4. The van der Waals surface area contributed by atoms with Crippen molar-refractivity contribution in [3.05, 3.63) is 35.4 Å². The summed E-state index contributed by atoms with van der Waals surface area (Å²) >= 11 is 0. The number of ether oxygens (including phenoxy) is 1. The number of rotatable bonds is 4. The Hall–Kier alpha value is -1.81. The van der Waals surface area contributed by atoms with E-state index in [1.165, 1.54) is 12.1 Å². The smallest absolute Gasteiger partial charge is 0.321 e. The maximum Gasteiger partial charge on any atom is 0.321 e. The van der Waals surface area contributed by atoms with Crippen molar-refractivity contribution in [1.82, 2.24) is 0 Å². The summed E-state index contributed by atoms with van der Waals surface area (Å²) in [4.78, 5) is 12.7. The average Bonchev–Trinajstić information content (AvgIpc) is 2.35. The number of carbonyl (C=O) groups excluding carboxylic acids is 1. The highest BCUT2D eigenvalue weighted by Gasteiger charge is 2.44. The molecule has 0 radical (unpaired) electrons. The number of aliphatic hydroxyl groups is 1. The third kappa shape index (κ3) is 4.10. The zero-order valence-electron chi connectivity index (χ0n) is 14.2. The van der Waals surface area contributed by atoms with Crippen LogP contribution in [0.2, 0.25) is 0 Å². The molecule has 0 amide bonds. The van der Waals surface area contributed by atoms with Gasteiger partial charge in [-0.05, 0) is 43.9 Å². The first-order valence-corrected chi connectivity index (χ1v) is 7.32. The monoisotopic (exact) mass is 306 g/mol.